The zero-order valence-electron chi connectivity index (χ0n) is 26.0. The molecule has 232 valence electrons. The maximum Gasteiger partial charge on any atom is 0.317 e. The summed E-state index contributed by atoms with van der Waals surface area (Å²) in [6, 6.07) is 10.3. The van der Waals surface area contributed by atoms with Crippen LogP contribution in [0.2, 0.25) is 0 Å². The number of ether oxygens (including phenoxy) is 2. The second kappa shape index (κ2) is 9.22. The van der Waals surface area contributed by atoms with Crippen LogP contribution in [0.1, 0.15) is 80.1 Å². The lowest BCUT2D eigenvalue weighted by molar-refractivity contribution is -0.171. The van der Waals surface area contributed by atoms with Crippen LogP contribution in [0, 0.1) is 32.5 Å². The predicted molar refractivity (Wildman–Crippen MR) is 158 cm³/mol. The maximum absolute atomic E-state index is 13.6. The van der Waals surface area contributed by atoms with Gasteiger partial charge in [-0.25, -0.2) is 0 Å². The van der Waals surface area contributed by atoms with Crippen molar-refractivity contribution in [1.82, 2.24) is 10.6 Å². The predicted octanol–water partition coefficient (Wildman–Crippen LogP) is 4.37. The average molecular weight is 603 g/mol. The third-order valence-corrected chi connectivity index (χ3v) is 10.5. The molecule has 2 heterocycles. The summed E-state index contributed by atoms with van der Waals surface area (Å²) in [4.78, 5) is 77.9. The van der Waals surface area contributed by atoms with E-state index in [0.717, 1.165) is 5.39 Å². The van der Waals surface area contributed by atoms with E-state index in [0.29, 0.717) is 18.2 Å². The zero-order chi connectivity index (χ0) is 32.1. The van der Waals surface area contributed by atoms with Crippen molar-refractivity contribution in [2.75, 3.05) is 0 Å². The minimum Gasteiger partial charge on any atom is -0.426 e. The molecule has 2 aromatic carbocycles. The lowest BCUT2D eigenvalue weighted by Crippen LogP contribution is -2.63. The van der Waals surface area contributed by atoms with Gasteiger partial charge in [-0.3, -0.25) is 39.4 Å². The first-order valence-corrected chi connectivity index (χ1v) is 15.0. The monoisotopic (exact) mass is 602 g/mol. The fraction of sp³-hybridized carbons (Fsp3) is 0.529. The maximum atomic E-state index is 13.6. The van der Waals surface area contributed by atoms with Gasteiger partial charge >= 0.3 is 11.9 Å². The Morgan fingerprint density at radius 3 is 1.16 bits per heavy atom. The van der Waals surface area contributed by atoms with E-state index in [9.17, 15) is 28.8 Å². The Kier molecular flexibility index (Phi) is 6.28. The number of amides is 4. The molecule has 2 aromatic rings. The summed E-state index contributed by atoms with van der Waals surface area (Å²) in [6.45, 7) is 10.6. The summed E-state index contributed by atoms with van der Waals surface area (Å²) in [5.41, 5.74) is -5.57. The number of nitrogens with one attached hydrogen (secondary N) is 2. The molecule has 0 radical (unpaired) electrons. The van der Waals surface area contributed by atoms with Gasteiger partial charge in [-0.15, -0.1) is 0 Å². The molecule has 4 aliphatic rings. The van der Waals surface area contributed by atoms with Crippen LogP contribution in [0.25, 0.3) is 10.8 Å². The molecule has 0 spiro atoms. The highest BCUT2D eigenvalue weighted by Gasteiger charge is 2.62. The van der Waals surface area contributed by atoms with Crippen LogP contribution in [0.5, 0.6) is 11.5 Å². The number of carbonyl (C=O) groups is 6. The standard InChI is InChI=1S/C34H38N2O8/c1-29-13-30(2,24(38)35-23(29)37)16-33(5,15-29)27(41)43-21-9-7-19-8-10-22(12-20(19)11-21)44-28(42)34(6)17-31(3)14-32(4,18-34)26(40)36-25(31)39/h7-12H,13-18H2,1-6H3,(H,35,37,38)(H,36,39,40). The molecular formula is C34H38N2O8. The minimum atomic E-state index is -1.05. The first-order valence-electron chi connectivity index (χ1n) is 15.0. The smallest absolute Gasteiger partial charge is 0.317 e. The Morgan fingerprint density at radius 1 is 0.523 bits per heavy atom. The third kappa shape index (κ3) is 4.61. The SMILES string of the molecule is CC12CC(C)(CC(C)(C(=O)Oc3ccc4ccc(OC(=O)C5(C)CC6(C)CC(C)(C5)C(=O)NC6=O)cc4c3)C1)C(=O)NC2=O. The van der Waals surface area contributed by atoms with Crippen molar-refractivity contribution in [3.8, 4) is 11.5 Å². The number of fused-ring (bicyclic) bond motifs is 5. The van der Waals surface area contributed by atoms with Gasteiger partial charge in [0.15, 0.2) is 0 Å². The molecule has 2 aliphatic carbocycles. The number of hydrogen-bond acceptors (Lipinski definition) is 8. The van der Waals surface area contributed by atoms with Crippen molar-refractivity contribution in [2.45, 2.75) is 80.1 Å². The second-order valence-corrected chi connectivity index (χ2v) is 15.4. The van der Waals surface area contributed by atoms with Crippen molar-refractivity contribution in [3.05, 3.63) is 36.4 Å². The van der Waals surface area contributed by atoms with Gasteiger partial charge < -0.3 is 9.47 Å². The molecule has 4 bridgehead atoms. The lowest BCUT2D eigenvalue weighted by Gasteiger charge is -2.52. The second-order valence-electron chi connectivity index (χ2n) is 15.4. The van der Waals surface area contributed by atoms with E-state index in [-0.39, 0.29) is 60.8 Å². The average Bonchev–Trinajstić information content (AvgIpc) is 2.90. The van der Waals surface area contributed by atoms with E-state index < -0.39 is 44.4 Å². The molecule has 2 saturated heterocycles. The van der Waals surface area contributed by atoms with Crippen LogP contribution >= 0.6 is 0 Å². The summed E-state index contributed by atoms with van der Waals surface area (Å²) in [5, 5.41) is 6.43. The number of esters is 2. The molecule has 4 fully saturated rings. The van der Waals surface area contributed by atoms with Gasteiger partial charge in [0.1, 0.15) is 11.5 Å². The van der Waals surface area contributed by atoms with Gasteiger partial charge in [-0.2, -0.15) is 0 Å². The van der Waals surface area contributed by atoms with E-state index >= 15 is 0 Å². The van der Waals surface area contributed by atoms with E-state index in [1.807, 2.05) is 0 Å². The van der Waals surface area contributed by atoms with Crippen molar-refractivity contribution >= 4 is 46.3 Å². The van der Waals surface area contributed by atoms with Crippen molar-refractivity contribution in [3.63, 3.8) is 0 Å². The summed E-state index contributed by atoms with van der Waals surface area (Å²) < 4.78 is 11.7. The highest BCUT2D eigenvalue weighted by molar-refractivity contribution is 6.05. The fourth-order valence-electron chi connectivity index (χ4n) is 9.07. The summed E-state index contributed by atoms with van der Waals surface area (Å²) in [7, 11) is 0. The molecule has 4 atom stereocenters. The van der Waals surface area contributed by atoms with Crippen LogP contribution in [-0.4, -0.2) is 35.6 Å². The molecule has 4 unspecified atom stereocenters. The number of rotatable bonds is 4. The normalized spacial score (nSPS) is 38.0. The van der Waals surface area contributed by atoms with Crippen LogP contribution in [0.15, 0.2) is 36.4 Å². The molecule has 0 aromatic heterocycles. The van der Waals surface area contributed by atoms with Gasteiger partial charge in [0.25, 0.3) is 0 Å². The fourth-order valence-corrected chi connectivity index (χ4v) is 9.07. The Labute approximate surface area is 255 Å². The Morgan fingerprint density at radius 2 is 0.841 bits per heavy atom. The quantitative estimate of drug-likeness (QED) is 0.298. The molecule has 44 heavy (non-hydrogen) atoms. The highest BCUT2D eigenvalue weighted by Crippen LogP contribution is 2.58. The first-order chi connectivity index (χ1) is 20.3. The number of piperidine rings is 2. The van der Waals surface area contributed by atoms with Gasteiger partial charge in [0.05, 0.1) is 10.8 Å². The molecule has 4 amide bonds. The van der Waals surface area contributed by atoms with Crippen molar-refractivity contribution < 1.29 is 38.2 Å². The van der Waals surface area contributed by atoms with E-state index in [4.69, 9.17) is 9.47 Å². The Bertz CT molecular complexity index is 1520. The molecule has 2 saturated carbocycles. The Hall–Kier alpha value is -4.08. The van der Waals surface area contributed by atoms with Crippen LogP contribution in [0.3, 0.4) is 0 Å². The zero-order valence-corrected chi connectivity index (χ0v) is 26.0. The summed E-state index contributed by atoms with van der Waals surface area (Å²) in [5.74, 6) is -1.93. The molecule has 10 heteroatoms. The van der Waals surface area contributed by atoms with Crippen molar-refractivity contribution in [1.29, 1.82) is 0 Å². The third-order valence-electron chi connectivity index (χ3n) is 10.5. The number of hydrogen-bond donors (Lipinski definition) is 2. The van der Waals surface area contributed by atoms with Gasteiger partial charge in [0, 0.05) is 21.7 Å². The van der Waals surface area contributed by atoms with E-state index in [1.165, 1.54) is 0 Å². The van der Waals surface area contributed by atoms with Gasteiger partial charge in [0.2, 0.25) is 23.6 Å². The molecule has 10 nitrogen and oxygen atoms in total. The highest BCUT2D eigenvalue weighted by atomic mass is 16.5. The lowest BCUT2D eigenvalue weighted by atomic mass is 9.52. The minimum absolute atomic E-state index is 0.255. The van der Waals surface area contributed by atoms with Crippen LogP contribution in [0.4, 0.5) is 0 Å². The summed E-state index contributed by atoms with van der Waals surface area (Å²) in [6.07, 6.45) is 1.78. The number of imide groups is 2. The molecular weight excluding hydrogens is 564 g/mol. The molecule has 2 aliphatic heterocycles. The largest absolute Gasteiger partial charge is 0.426 e. The summed E-state index contributed by atoms with van der Waals surface area (Å²) >= 11 is 0. The van der Waals surface area contributed by atoms with Gasteiger partial charge in [-0.05, 0) is 87.4 Å². The van der Waals surface area contributed by atoms with E-state index in [1.54, 1.807) is 77.9 Å². The topological polar surface area (TPSA) is 145 Å². The number of benzene rings is 2. The number of carbonyl (C=O) groups excluding carboxylic acids is 6. The van der Waals surface area contributed by atoms with E-state index in [2.05, 4.69) is 10.6 Å². The first kappa shape index (κ1) is 30.0. The van der Waals surface area contributed by atoms with Crippen LogP contribution < -0.4 is 20.1 Å². The molecule has 2 N–H and O–H groups in total. The molecule has 6 rings (SSSR count). The van der Waals surface area contributed by atoms with Gasteiger partial charge in [-0.1, -0.05) is 39.8 Å². The van der Waals surface area contributed by atoms with Crippen LogP contribution in [-0.2, 0) is 28.8 Å². The Balaban J connectivity index is 1.21. The van der Waals surface area contributed by atoms with Crippen molar-refractivity contribution in [2.24, 2.45) is 32.5 Å².